The van der Waals surface area contributed by atoms with E-state index in [-0.39, 0.29) is 0 Å². The van der Waals surface area contributed by atoms with Crippen molar-refractivity contribution in [1.29, 1.82) is 0 Å². The average molecular weight is 274 g/mol. The molecule has 0 unspecified atom stereocenters. The van der Waals surface area contributed by atoms with Crippen molar-refractivity contribution in [2.75, 3.05) is 13.2 Å². The number of allylic oxidation sites excluding steroid dienone is 2. The van der Waals surface area contributed by atoms with E-state index in [1.54, 1.807) is 0 Å². The molecule has 0 aliphatic heterocycles. The average Bonchev–Trinajstić information content (AvgIpc) is 2.47. The number of ether oxygens (including phenoxy) is 2. The summed E-state index contributed by atoms with van der Waals surface area (Å²) in [4.78, 5) is 0. The highest BCUT2D eigenvalue weighted by Gasteiger charge is 1.97. The van der Waals surface area contributed by atoms with Gasteiger partial charge in [0.15, 0.2) is 0 Å². The normalized spacial score (nSPS) is 11.3. The van der Waals surface area contributed by atoms with E-state index in [9.17, 15) is 0 Å². The molecule has 0 aliphatic rings. The van der Waals surface area contributed by atoms with E-state index in [2.05, 4.69) is 38.2 Å². The van der Waals surface area contributed by atoms with Gasteiger partial charge in [-0.25, -0.2) is 0 Å². The van der Waals surface area contributed by atoms with Gasteiger partial charge in [0.2, 0.25) is 0 Å². The van der Waals surface area contributed by atoms with Crippen molar-refractivity contribution in [2.45, 2.75) is 39.5 Å². The first-order chi connectivity index (χ1) is 9.86. The van der Waals surface area contributed by atoms with Crippen LogP contribution in [0.4, 0.5) is 0 Å². The Morgan fingerprint density at radius 3 is 1.75 bits per heavy atom. The van der Waals surface area contributed by atoms with E-state index in [0.29, 0.717) is 13.2 Å². The summed E-state index contributed by atoms with van der Waals surface area (Å²) in [5.41, 5.74) is 0. The Balaban J connectivity index is 2.29. The molecule has 1 aromatic rings. The molecule has 0 amide bonds. The lowest BCUT2D eigenvalue weighted by atomic mass is 10.3. The van der Waals surface area contributed by atoms with Gasteiger partial charge in [-0.1, -0.05) is 44.2 Å². The summed E-state index contributed by atoms with van der Waals surface area (Å²) in [6.07, 6.45) is 12.7. The molecule has 1 aromatic carbocycles. The van der Waals surface area contributed by atoms with Gasteiger partial charge in [-0.3, -0.25) is 0 Å². The Morgan fingerprint density at radius 2 is 1.30 bits per heavy atom. The molecule has 0 heterocycles. The van der Waals surface area contributed by atoms with E-state index in [0.717, 1.165) is 37.2 Å². The quantitative estimate of drug-likeness (QED) is 0.433. The van der Waals surface area contributed by atoms with Gasteiger partial charge in [0.05, 0.1) is 13.2 Å². The molecule has 0 N–H and O–H groups in total. The van der Waals surface area contributed by atoms with Gasteiger partial charge in [-0.15, -0.1) is 0 Å². The van der Waals surface area contributed by atoms with Gasteiger partial charge < -0.3 is 9.47 Å². The van der Waals surface area contributed by atoms with Crippen LogP contribution in [0.25, 0.3) is 0 Å². The van der Waals surface area contributed by atoms with E-state index < -0.39 is 0 Å². The highest BCUT2D eigenvalue weighted by atomic mass is 16.5. The zero-order chi connectivity index (χ0) is 14.5. The zero-order valence-corrected chi connectivity index (χ0v) is 12.7. The van der Waals surface area contributed by atoms with Crippen molar-refractivity contribution in [3.05, 3.63) is 48.6 Å². The van der Waals surface area contributed by atoms with E-state index in [4.69, 9.17) is 9.47 Å². The van der Waals surface area contributed by atoms with Crippen molar-refractivity contribution in [3.8, 4) is 11.5 Å². The van der Waals surface area contributed by atoms with Crippen LogP contribution in [-0.4, -0.2) is 13.2 Å². The molecule has 0 saturated carbocycles. The molecule has 1 rings (SSSR count). The van der Waals surface area contributed by atoms with Gasteiger partial charge in [0, 0.05) is 6.07 Å². The molecule has 0 aliphatic carbocycles. The lowest BCUT2D eigenvalue weighted by molar-refractivity contribution is 0.308. The second-order valence-corrected chi connectivity index (χ2v) is 4.51. The monoisotopic (exact) mass is 274 g/mol. The molecule has 0 radical (unpaired) electrons. The smallest absolute Gasteiger partial charge is 0.122 e. The molecule has 20 heavy (non-hydrogen) atoms. The van der Waals surface area contributed by atoms with Gasteiger partial charge in [-0.05, 0) is 37.8 Å². The van der Waals surface area contributed by atoms with Gasteiger partial charge in [0.1, 0.15) is 11.5 Å². The van der Waals surface area contributed by atoms with Gasteiger partial charge >= 0.3 is 0 Å². The first kappa shape index (κ1) is 16.4. The Morgan fingerprint density at radius 1 is 0.800 bits per heavy atom. The van der Waals surface area contributed by atoms with Crippen LogP contribution in [0.3, 0.4) is 0 Å². The van der Waals surface area contributed by atoms with Crippen LogP contribution in [-0.2, 0) is 0 Å². The Kier molecular flexibility index (Phi) is 9.12. The van der Waals surface area contributed by atoms with Crippen molar-refractivity contribution in [1.82, 2.24) is 0 Å². The molecule has 2 nitrogen and oxygen atoms in total. The van der Waals surface area contributed by atoms with Crippen LogP contribution in [0, 0.1) is 0 Å². The van der Waals surface area contributed by atoms with E-state index in [1.807, 2.05) is 24.3 Å². The lowest BCUT2D eigenvalue weighted by Gasteiger charge is -2.08. The molecule has 0 fully saturated rings. The second-order valence-electron chi connectivity index (χ2n) is 4.51. The SMILES string of the molecule is CCC=CCCOc1cccc(OCCC=CCC)c1. The summed E-state index contributed by atoms with van der Waals surface area (Å²) in [5, 5.41) is 0. The fourth-order valence-corrected chi connectivity index (χ4v) is 1.71. The van der Waals surface area contributed by atoms with Crippen LogP contribution < -0.4 is 9.47 Å². The number of hydrogen-bond acceptors (Lipinski definition) is 2. The fraction of sp³-hybridized carbons (Fsp3) is 0.444. The number of hydrogen-bond donors (Lipinski definition) is 0. The molecule has 0 aromatic heterocycles. The van der Waals surface area contributed by atoms with Crippen molar-refractivity contribution < 1.29 is 9.47 Å². The highest BCUT2D eigenvalue weighted by Crippen LogP contribution is 2.19. The molecular weight excluding hydrogens is 248 g/mol. The third-order valence-electron chi connectivity index (χ3n) is 2.72. The van der Waals surface area contributed by atoms with Crippen molar-refractivity contribution >= 4 is 0 Å². The topological polar surface area (TPSA) is 18.5 Å². The predicted octanol–water partition coefficient (Wildman–Crippen LogP) is 5.16. The Labute approximate surface area is 123 Å². The molecule has 0 bridgehead atoms. The maximum Gasteiger partial charge on any atom is 0.122 e. The largest absolute Gasteiger partial charge is 0.493 e. The van der Waals surface area contributed by atoms with Crippen LogP contribution >= 0.6 is 0 Å². The molecule has 0 spiro atoms. The maximum absolute atomic E-state index is 5.69. The van der Waals surface area contributed by atoms with E-state index in [1.165, 1.54) is 0 Å². The van der Waals surface area contributed by atoms with Crippen LogP contribution in [0.5, 0.6) is 11.5 Å². The first-order valence-electron chi connectivity index (χ1n) is 7.52. The first-order valence-corrected chi connectivity index (χ1v) is 7.52. The number of benzene rings is 1. The Bertz CT molecular complexity index is 372. The summed E-state index contributed by atoms with van der Waals surface area (Å²) >= 11 is 0. The van der Waals surface area contributed by atoms with Crippen LogP contribution in [0.1, 0.15) is 39.5 Å². The van der Waals surface area contributed by atoms with Crippen LogP contribution in [0.2, 0.25) is 0 Å². The molecule has 2 heteroatoms. The van der Waals surface area contributed by atoms with Crippen molar-refractivity contribution in [2.24, 2.45) is 0 Å². The Hall–Kier alpha value is -1.70. The standard InChI is InChI=1S/C18H26O2/c1-3-5-7-9-14-19-17-12-11-13-18(16-17)20-15-10-8-6-4-2/h5-8,11-13,16H,3-4,9-10,14-15H2,1-2H3. The summed E-state index contributed by atoms with van der Waals surface area (Å²) in [5.74, 6) is 1.74. The minimum Gasteiger partial charge on any atom is -0.493 e. The predicted molar refractivity (Wildman–Crippen MR) is 85.5 cm³/mol. The lowest BCUT2D eigenvalue weighted by Crippen LogP contribution is -1.98. The minimum atomic E-state index is 0.708. The van der Waals surface area contributed by atoms with Gasteiger partial charge in [0.25, 0.3) is 0 Å². The molecule has 0 saturated heterocycles. The molecule has 110 valence electrons. The minimum absolute atomic E-state index is 0.708. The molecular formula is C18H26O2. The summed E-state index contributed by atoms with van der Waals surface area (Å²) < 4.78 is 11.4. The number of rotatable bonds is 10. The van der Waals surface area contributed by atoms with Gasteiger partial charge in [-0.2, -0.15) is 0 Å². The van der Waals surface area contributed by atoms with E-state index >= 15 is 0 Å². The summed E-state index contributed by atoms with van der Waals surface area (Å²) in [7, 11) is 0. The zero-order valence-electron chi connectivity index (χ0n) is 12.7. The third-order valence-corrected chi connectivity index (χ3v) is 2.72. The summed E-state index contributed by atoms with van der Waals surface area (Å²) in [6.45, 7) is 5.68. The maximum atomic E-state index is 5.69. The summed E-state index contributed by atoms with van der Waals surface area (Å²) in [6, 6.07) is 7.85. The third kappa shape index (κ3) is 7.67. The fourth-order valence-electron chi connectivity index (χ4n) is 1.71. The van der Waals surface area contributed by atoms with Crippen molar-refractivity contribution in [3.63, 3.8) is 0 Å². The highest BCUT2D eigenvalue weighted by molar-refractivity contribution is 5.32. The second kappa shape index (κ2) is 11.2. The molecule has 0 atom stereocenters. The van der Waals surface area contributed by atoms with Crippen LogP contribution in [0.15, 0.2) is 48.6 Å².